The van der Waals surface area contributed by atoms with Crippen LogP contribution in [0.1, 0.15) is 33.6 Å². The molecule has 0 aliphatic heterocycles. The maximum absolute atomic E-state index is 9.65. The van der Waals surface area contributed by atoms with Gasteiger partial charge in [-0.1, -0.05) is 13.3 Å². The van der Waals surface area contributed by atoms with Gasteiger partial charge in [-0.25, -0.2) is 0 Å². The van der Waals surface area contributed by atoms with Crippen LogP contribution in [0.4, 0.5) is 0 Å². The van der Waals surface area contributed by atoms with Gasteiger partial charge in [-0.15, -0.1) is 0 Å². The molecule has 0 radical (unpaired) electrons. The minimum Gasteiger partial charge on any atom is -0.384 e. The Morgan fingerprint density at radius 3 is 2.27 bits per heavy atom. The van der Waals surface area contributed by atoms with Gasteiger partial charge in [0.25, 0.3) is 0 Å². The molecule has 0 heterocycles. The van der Waals surface area contributed by atoms with Crippen LogP contribution >= 0.6 is 0 Å². The molecule has 0 aromatic carbocycles. The van der Waals surface area contributed by atoms with E-state index in [2.05, 4.69) is 11.9 Å². The molecule has 0 fully saturated rings. The van der Waals surface area contributed by atoms with Crippen molar-refractivity contribution >= 4 is 5.71 Å². The van der Waals surface area contributed by atoms with Gasteiger partial charge < -0.3 is 5.11 Å². The molecule has 0 aromatic heterocycles. The largest absolute Gasteiger partial charge is 0.384 e. The number of aliphatic imine (C=N–C) groups is 1. The summed E-state index contributed by atoms with van der Waals surface area (Å²) in [5.41, 5.74) is 0.123. The Labute approximate surface area is 101 Å². The van der Waals surface area contributed by atoms with Crippen molar-refractivity contribution in [3.63, 3.8) is 0 Å². The van der Waals surface area contributed by atoms with E-state index in [1.54, 1.807) is 14.0 Å². The molecule has 11 heavy (non-hydrogen) atoms. The third-order valence-corrected chi connectivity index (χ3v) is 1.85. The number of rotatable bonds is 3. The molecule has 0 rings (SSSR count). The quantitative estimate of drug-likeness (QED) is 0.790. The van der Waals surface area contributed by atoms with Gasteiger partial charge in [0.15, 0.2) is 0 Å². The van der Waals surface area contributed by atoms with Gasteiger partial charge in [-0.2, -0.15) is 0 Å². The van der Waals surface area contributed by atoms with E-state index in [1.165, 1.54) is 0 Å². The first-order valence-corrected chi connectivity index (χ1v) is 3.71. The summed E-state index contributed by atoms with van der Waals surface area (Å²) in [5.74, 6) is 0. The normalized spacial score (nSPS) is 17.0. The fraction of sp³-hybridized carbons (Fsp3) is 0.875. The van der Waals surface area contributed by atoms with Crippen LogP contribution in [0.3, 0.4) is 0 Å². The molecule has 0 aliphatic rings. The standard InChI is InChI=1S/C8H17NO.Gd/c1-5-6-8(3,10)7(2)9-4;/h10H,5-6H2,1-4H3;. The van der Waals surface area contributed by atoms with E-state index in [0.29, 0.717) is 0 Å². The van der Waals surface area contributed by atoms with Crippen molar-refractivity contribution in [1.82, 2.24) is 0 Å². The Balaban J connectivity index is 0. The molecule has 3 heteroatoms. The van der Waals surface area contributed by atoms with E-state index >= 15 is 0 Å². The van der Waals surface area contributed by atoms with Crippen LogP contribution in [0.2, 0.25) is 0 Å². The van der Waals surface area contributed by atoms with Crippen LogP contribution in [0.15, 0.2) is 4.99 Å². The van der Waals surface area contributed by atoms with Gasteiger partial charge in [0, 0.05) is 52.7 Å². The topological polar surface area (TPSA) is 32.6 Å². The first-order chi connectivity index (χ1) is 4.54. The average molecular weight is 300 g/mol. The molecule has 0 aliphatic carbocycles. The summed E-state index contributed by atoms with van der Waals surface area (Å²) in [6.07, 6.45) is 1.77. The summed E-state index contributed by atoms with van der Waals surface area (Å²) in [5, 5.41) is 9.65. The van der Waals surface area contributed by atoms with Gasteiger partial charge >= 0.3 is 0 Å². The number of nitrogens with zero attached hydrogens (tertiary/aromatic N) is 1. The third-order valence-electron chi connectivity index (χ3n) is 1.85. The Kier molecular flexibility index (Phi) is 8.51. The van der Waals surface area contributed by atoms with Crippen LogP contribution in [-0.4, -0.2) is 23.5 Å². The van der Waals surface area contributed by atoms with Crippen molar-refractivity contribution in [2.75, 3.05) is 7.05 Å². The number of hydrogen-bond acceptors (Lipinski definition) is 2. The van der Waals surface area contributed by atoms with Crippen molar-refractivity contribution in [3.05, 3.63) is 0 Å². The van der Waals surface area contributed by atoms with Crippen LogP contribution < -0.4 is 0 Å². The van der Waals surface area contributed by atoms with Crippen LogP contribution in [0.5, 0.6) is 0 Å². The molecule has 0 bridgehead atoms. The van der Waals surface area contributed by atoms with Crippen molar-refractivity contribution in [2.24, 2.45) is 4.99 Å². The molecule has 68 valence electrons. The van der Waals surface area contributed by atoms with Crippen molar-refractivity contribution < 1.29 is 45.0 Å². The second-order valence-corrected chi connectivity index (χ2v) is 2.83. The number of hydrogen-bond donors (Lipinski definition) is 1. The Morgan fingerprint density at radius 2 is 2.00 bits per heavy atom. The molecule has 1 atom stereocenters. The summed E-state index contributed by atoms with van der Waals surface area (Å²) in [7, 11) is 1.71. The second kappa shape index (κ2) is 6.47. The first-order valence-electron chi connectivity index (χ1n) is 3.71. The van der Waals surface area contributed by atoms with E-state index in [9.17, 15) is 5.11 Å². The summed E-state index contributed by atoms with van der Waals surface area (Å²) in [6, 6.07) is 0. The van der Waals surface area contributed by atoms with Gasteiger partial charge in [-0.05, 0) is 20.3 Å². The minimum atomic E-state index is -0.691. The zero-order chi connectivity index (χ0) is 8.20. The second-order valence-electron chi connectivity index (χ2n) is 2.83. The zero-order valence-electron chi connectivity index (χ0n) is 7.66. The molecule has 1 unspecified atom stereocenters. The smallest absolute Gasteiger partial charge is 0.0991 e. The minimum absolute atomic E-state index is 0. The summed E-state index contributed by atoms with van der Waals surface area (Å²) in [4.78, 5) is 3.95. The van der Waals surface area contributed by atoms with E-state index in [1.807, 2.05) is 6.92 Å². The van der Waals surface area contributed by atoms with Crippen LogP contribution in [0.25, 0.3) is 0 Å². The van der Waals surface area contributed by atoms with Crippen molar-refractivity contribution in [2.45, 2.75) is 39.2 Å². The molecule has 0 saturated heterocycles. The fourth-order valence-electron chi connectivity index (χ4n) is 0.909. The molecule has 1 N–H and O–H groups in total. The summed E-state index contributed by atoms with van der Waals surface area (Å²) in [6.45, 7) is 5.71. The molecular formula is C8H17GdNO. The van der Waals surface area contributed by atoms with Gasteiger partial charge in [0.2, 0.25) is 0 Å². The maximum Gasteiger partial charge on any atom is 0.0991 e. The molecule has 0 aromatic rings. The van der Waals surface area contributed by atoms with Crippen molar-refractivity contribution in [1.29, 1.82) is 0 Å². The Hall–Kier alpha value is 0.955. The van der Waals surface area contributed by atoms with Gasteiger partial charge in [0.1, 0.15) is 0 Å². The first kappa shape index (κ1) is 14.5. The fourth-order valence-corrected chi connectivity index (χ4v) is 0.909. The third kappa shape index (κ3) is 5.23. The molecule has 0 amide bonds. The molecule has 0 saturated carbocycles. The van der Waals surface area contributed by atoms with Crippen molar-refractivity contribution in [3.8, 4) is 0 Å². The van der Waals surface area contributed by atoms with E-state index in [-0.39, 0.29) is 39.9 Å². The van der Waals surface area contributed by atoms with E-state index in [4.69, 9.17) is 0 Å². The Bertz CT molecular complexity index is 132. The van der Waals surface area contributed by atoms with Gasteiger partial charge in [-0.3, -0.25) is 4.99 Å². The molecular weight excluding hydrogens is 283 g/mol. The predicted octanol–water partition coefficient (Wildman–Crippen LogP) is 1.63. The molecule has 2 nitrogen and oxygen atoms in total. The Morgan fingerprint density at radius 1 is 1.55 bits per heavy atom. The SMILES string of the molecule is CCCC(C)(O)C(C)=NC.[Gd]. The summed E-state index contributed by atoms with van der Waals surface area (Å²) >= 11 is 0. The van der Waals surface area contributed by atoms with E-state index in [0.717, 1.165) is 18.6 Å². The molecule has 0 spiro atoms. The van der Waals surface area contributed by atoms with Gasteiger partial charge in [0.05, 0.1) is 5.60 Å². The monoisotopic (exact) mass is 301 g/mol. The summed E-state index contributed by atoms with van der Waals surface area (Å²) < 4.78 is 0. The predicted molar refractivity (Wildman–Crippen MR) is 44.6 cm³/mol. The zero-order valence-corrected chi connectivity index (χ0v) is 9.93. The maximum atomic E-state index is 9.65. The van der Waals surface area contributed by atoms with Crippen LogP contribution in [0, 0.1) is 39.9 Å². The average Bonchev–Trinajstić information content (AvgIpc) is 1.86. The van der Waals surface area contributed by atoms with E-state index < -0.39 is 5.60 Å². The number of aliphatic hydroxyl groups is 1. The van der Waals surface area contributed by atoms with Crippen LogP contribution in [-0.2, 0) is 0 Å².